The minimum Gasteiger partial charge on any atom is -0.460 e. The molecule has 0 unspecified atom stereocenters. The Balaban J connectivity index is 2.50. The van der Waals surface area contributed by atoms with Gasteiger partial charge in [0.05, 0.1) is 12.0 Å². The molecule has 0 bridgehead atoms. The Bertz CT molecular complexity index is 249. The van der Waals surface area contributed by atoms with Crippen LogP contribution in [0.3, 0.4) is 0 Å². The highest BCUT2D eigenvalue weighted by atomic mass is 16.6. The number of hydrogen-bond acceptors (Lipinski definition) is 3. The summed E-state index contributed by atoms with van der Waals surface area (Å²) in [6.07, 6.45) is 5.11. The van der Waals surface area contributed by atoms with Crippen LogP contribution in [0.15, 0.2) is 0 Å². The molecule has 1 fully saturated rings. The van der Waals surface area contributed by atoms with Crippen LogP contribution in [0.5, 0.6) is 0 Å². The molecule has 1 rings (SSSR count). The predicted octanol–water partition coefficient (Wildman–Crippen LogP) is 2.91. The smallest absolute Gasteiger partial charge is 0.311 e. The first-order valence-corrected chi connectivity index (χ1v) is 6.72. The molecule has 0 heterocycles. The zero-order valence-electron chi connectivity index (χ0n) is 11.5. The number of carbonyl (C=O) groups is 1. The van der Waals surface area contributed by atoms with Gasteiger partial charge in [-0.3, -0.25) is 4.79 Å². The first-order valence-electron chi connectivity index (χ1n) is 6.72. The van der Waals surface area contributed by atoms with Gasteiger partial charge in [-0.25, -0.2) is 0 Å². The van der Waals surface area contributed by atoms with Crippen molar-refractivity contribution in [3.8, 4) is 0 Å². The van der Waals surface area contributed by atoms with Gasteiger partial charge in [0.15, 0.2) is 0 Å². The molecule has 3 heteroatoms. The average molecular weight is 242 g/mol. The molecule has 0 aromatic carbocycles. The second-order valence-electron chi connectivity index (χ2n) is 6.21. The van der Waals surface area contributed by atoms with Gasteiger partial charge in [0.1, 0.15) is 5.60 Å². The van der Waals surface area contributed by atoms with E-state index in [0.717, 1.165) is 12.8 Å². The highest BCUT2D eigenvalue weighted by Gasteiger charge is 2.32. The van der Waals surface area contributed by atoms with Gasteiger partial charge in [-0.1, -0.05) is 19.3 Å². The summed E-state index contributed by atoms with van der Waals surface area (Å²) in [5, 5.41) is 10.2. The number of aliphatic hydroxyl groups excluding tert-OH is 1. The molecule has 3 nitrogen and oxygen atoms in total. The molecule has 0 aromatic heterocycles. The SMILES string of the molecule is C[C@H](C(=O)OC(C)(C)C)[C@@H](O)C1CCCCC1. The Labute approximate surface area is 105 Å². The molecule has 0 amide bonds. The maximum atomic E-state index is 11.9. The molecule has 1 N–H and O–H groups in total. The van der Waals surface area contributed by atoms with Crippen LogP contribution in [0.1, 0.15) is 59.8 Å². The standard InChI is InChI=1S/C14H26O3/c1-10(13(16)17-14(2,3)4)12(15)11-8-6-5-7-9-11/h10-12,15H,5-9H2,1-4H3/t10-,12+/m0/s1. The summed E-state index contributed by atoms with van der Waals surface area (Å²) in [5.74, 6) is -0.431. The van der Waals surface area contributed by atoms with Crippen molar-refractivity contribution in [3.05, 3.63) is 0 Å². The van der Waals surface area contributed by atoms with Gasteiger partial charge in [-0.05, 0) is 46.5 Å². The van der Waals surface area contributed by atoms with E-state index in [-0.39, 0.29) is 11.9 Å². The molecule has 100 valence electrons. The van der Waals surface area contributed by atoms with Crippen molar-refractivity contribution in [2.45, 2.75) is 71.5 Å². The molecule has 0 aromatic rings. The summed E-state index contributed by atoms with van der Waals surface area (Å²) in [6, 6.07) is 0. The van der Waals surface area contributed by atoms with Crippen LogP contribution in [0.4, 0.5) is 0 Å². The van der Waals surface area contributed by atoms with Gasteiger partial charge >= 0.3 is 5.97 Å². The molecular weight excluding hydrogens is 216 g/mol. The van der Waals surface area contributed by atoms with Gasteiger partial charge in [0, 0.05) is 0 Å². The zero-order chi connectivity index (χ0) is 13.1. The van der Waals surface area contributed by atoms with Gasteiger partial charge in [-0.15, -0.1) is 0 Å². The molecule has 17 heavy (non-hydrogen) atoms. The molecular formula is C14H26O3. The van der Waals surface area contributed by atoms with Crippen LogP contribution < -0.4 is 0 Å². The van der Waals surface area contributed by atoms with Crippen LogP contribution in [0, 0.1) is 11.8 Å². The maximum Gasteiger partial charge on any atom is 0.311 e. The summed E-state index contributed by atoms with van der Waals surface area (Å²) in [6.45, 7) is 7.33. The fourth-order valence-corrected chi connectivity index (χ4v) is 2.42. The van der Waals surface area contributed by atoms with E-state index in [1.165, 1.54) is 19.3 Å². The fourth-order valence-electron chi connectivity index (χ4n) is 2.42. The second-order valence-corrected chi connectivity index (χ2v) is 6.21. The lowest BCUT2D eigenvalue weighted by Crippen LogP contribution is -2.37. The van der Waals surface area contributed by atoms with Crippen molar-refractivity contribution in [2.75, 3.05) is 0 Å². The van der Waals surface area contributed by atoms with E-state index in [0.29, 0.717) is 0 Å². The third-order valence-electron chi connectivity index (χ3n) is 3.42. The quantitative estimate of drug-likeness (QED) is 0.774. The minimum atomic E-state index is -0.551. The number of rotatable bonds is 3. The van der Waals surface area contributed by atoms with Crippen LogP contribution in [0.2, 0.25) is 0 Å². The van der Waals surface area contributed by atoms with Crippen molar-refractivity contribution in [1.82, 2.24) is 0 Å². The van der Waals surface area contributed by atoms with E-state index >= 15 is 0 Å². The Kier molecular flexibility index (Phi) is 4.99. The molecule has 1 aliphatic carbocycles. The van der Waals surface area contributed by atoms with E-state index in [1.807, 2.05) is 20.8 Å². The van der Waals surface area contributed by atoms with Crippen LogP contribution >= 0.6 is 0 Å². The topological polar surface area (TPSA) is 46.5 Å². The molecule has 1 aliphatic rings. The minimum absolute atomic E-state index is 0.270. The number of carbonyl (C=O) groups excluding carboxylic acids is 1. The van der Waals surface area contributed by atoms with E-state index in [9.17, 15) is 9.90 Å². The lowest BCUT2D eigenvalue weighted by atomic mass is 9.81. The van der Waals surface area contributed by atoms with Crippen LogP contribution in [-0.2, 0) is 9.53 Å². The average Bonchev–Trinajstić information content (AvgIpc) is 2.26. The lowest BCUT2D eigenvalue weighted by Gasteiger charge is -2.31. The number of aliphatic hydroxyl groups is 1. The van der Waals surface area contributed by atoms with E-state index in [4.69, 9.17) is 4.74 Å². The molecule has 0 aliphatic heterocycles. The molecule has 0 spiro atoms. The molecule has 1 saturated carbocycles. The highest BCUT2D eigenvalue weighted by molar-refractivity contribution is 5.73. The van der Waals surface area contributed by atoms with Crippen molar-refractivity contribution in [1.29, 1.82) is 0 Å². The zero-order valence-corrected chi connectivity index (χ0v) is 11.5. The summed E-state index contributed by atoms with van der Waals surface area (Å²) >= 11 is 0. The molecule has 0 radical (unpaired) electrons. The van der Waals surface area contributed by atoms with E-state index in [2.05, 4.69) is 0 Å². The van der Waals surface area contributed by atoms with Gasteiger partial charge < -0.3 is 9.84 Å². The number of hydrogen-bond donors (Lipinski definition) is 1. The third kappa shape index (κ3) is 4.66. The van der Waals surface area contributed by atoms with E-state index in [1.54, 1.807) is 6.92 Å². The maximum absolute atomic E-state index is 11.9. The summed E-state index contributed by atoms with van der Waals surface area (Å²) in [4.78, 5) is 11.9. The Morgan fingerprint density at radius 3 is 2.24 bits per heavy atom. The first kappa shape index (κ1) is 14.5. The van der Waals surface area contributed by atoms with Crippen molar-refractivity contribution in [3.63, 3.8) is 0 Å². The monoisotopic (exact) mass is 242 g/mol. The summed E-state index contributed by atoms with van der Waals surface area (Å²) in [7, 11) is 0. The van der Waals surface area contributed by atoms with Gasteiger partial charge in [0.2, 0.25) is 0 Å². The van der Waals surface area contributed by atoms with Crippen LogP contribution in [-0.4, -0.2) is 22.8 Å². The lowest BCUT2D eigenvalue weighted by molar-refractivity contribution is -0.164. The summed E-state index contributed by atoms with van der Waals surface area (Å²) in [5.41, 5.74) is -0.475. The fraction of sp³-hybridized carbons (Fsp3) is 0.929. The van der Waals surface area contributed by atoms with Crippen LogP contribution in [0.25, 0.3) is 0 Å². The predicted molar refractivity (Wildman–Crippen MR) is 67.6 cm³/mol. The Morgan fingerprint density at radius 2 is 1.76 bits per heavy atom. The third-order valence-corrected chi connectivity index (χ3v) is 3.42. The van der Waals surface area contributed by atoms with Crippen molar-refractivity contribution in [2.24, 2.45) is 11.8 Å². The van der Waals surface area contributed by atoms with Crippen molar-refractivity contribution >= 4 is 5.97 Å². The highest BCUT2D eigenvalue weighted by Crippen LogP contribution is 2.30. The van der Waals surface area contributed by atoms with E-state index < -0.39 is 17.6 Å². The summed E-state index contributed by atoms with van der Waals surface area (Å²) < 4.78 is 5.31. The van der Waals surface area contributed by atoms with Crippen molar-refractivity contribution < 1.29 is 14.6 Å². The Hall–Kier alpha value is -0.570. The van der Waals surface area contributed by atoms with Gasteiger partial charge in [0.25, 0.3) is 0 Å². The Morgan fingerprint density at radius 1 is 1.24 bits per heavy atom. The molecule has 2 atom stereocenters. The van der Waals surface area contributed by atoms with Gasteiger partial charge in [-0.2, -0.15) is 0 Å². The largest absolute Gasteiger partial charge is 0.460 e. The molecule has 0 saturated heterocycles. The second kappa shape index (κ2) is 5.85. The first-order chi connectivity index (χ1) is 7.81. The number of ether oxygens (including phenoxy) is 1. The number of esters is 1. The normalized spacial score (nSPS) is 21.9.